The number of nitrogens with one attached hydrogen (secondary N) is 1. The molecule has 0 fully saturated rings. The van der Waals surface area contributed by atoms with Crippen molar-refractivity contribution >= 4 is 10.9 Å². The minimum atomic E-state index is -1.26. The highest BCUT2D eigenvalue weighted by molar-refractivity contribution is 5.86. The van der Waals surface area contributed by atoms with Gasteiger partial charge in [0, 0.05) is 5.39 Å². The normalized spacial score (nSPS) is 24.8. The molecule has 0 saturated carbocycles. The van der Waals surface area contributed by atoms with Gasteiger partial charge in [-0.25, -0.2) is 0 Å². The first-order chi connectivity index (χ1) is 8.92. The van der Waals surface area contributed by atoms with Crippen LogP contribution in [0.4, 0.5) is 0 Å². The molecule has 2 aromatic rings. The molecule has 2 atom stereocenters. The van der Waals surface area contributed by atoms with Crippen LogP contribution in [0.2, 0.25) is 0 Å². The lowest BCUT2D eigenvalue weighted by atomic mass is 9.88. The van der Waals surface area contributed by atoms with Crippen molar-refractivity contribution in [2.45, 2.75) is 31.7 Å². The van der Waals surface area contributed by atoms with Gasteiger partial charge in [-0.05, 0) is 26.0 Å². The Labute approximate surface area is 109 Å². The lowest BCUT2D eigenvalue weighted by molar-refractivity contribution is -0.111. The number of fused-ring (bicyclic) bond motifs is 3. The fourth-order valence-corrected chi connectivity index (χ4v) is 2.47. The van der Waals surface area contributed by atoms with Crippen molar-refractivity contribution < 1.29 is 14.9 Å². The summed E-state index contributed by atoms with van der Waals surface area (Å²) in [7, 11) is 0. The van der Waals surface area contributed by atoms with E-state index in [9.17, 15) is 15.0 Å². The zero-order valence-corrected chi connectivity index (χ0v) is 10.7. The van der Waals surface area contributed by atoms with Crippen LogP contribution in [0.5, 0.6) is 5.75 Å². The van der Waals surface area contributed by atoms with E-state index >= 15 is 0 Å². The molecule has 5 heteroatoms. The Kier molecular flexibility index (Phi) is 2.45. The molecule has 3 rings (SSSR count). The number of aromatic nitrogens is 1. The molecule has 100 valence electrons. The number of H-pyrrole nitrogens is 1. The van der Waals surface area contributed by atoms with Gasteiger partial charge in [0.15, 0.2) is 0 Å². The Bertz CT molecular complexity index is 704. The zero-order chi connectivity index (χ0) is 13.8. The maximum Gasteiger partial charge on any atom is 0.258 e. The van der Waals surface area contributed by atoms with E-state index in [-0.39, 0.29) is 5.56 Å². The standard InChI is InChI=1S/C14H15NO4/c1-14(2)12(17)10(16)9-11(19-14)7-5-3-4-6-8(7)15-13(9)18/h3-6,10,12,16-17H,1-2H3,(H,15,18). The van der Waals surface area contributed by atoms with Crippen LogP contribution in [0.1, 0.15) is 25.5 Å². The van der Waals surface area contributed by atoms with Gasteiger partial charge in [0.1, 0.15) is 23.6 Å². The third kappa shape index (κ3) is 1.66. The molecule has 0 amide bonds. The van der Waals surface area contributed by atoms with Crippen LogP contribution in [-0.4, -0.2) is 26.9 Å². The molecule has 0 aliphatic carbocycles. The van der Waals surface area contributed by atoms with Gasteiger partial charge < -0.3 is 19.9 Å². The third-order valence-electron chi connectivity index (χ3n) is 3.58. The molecule has 2 heterocycles. The minimum absolute atomic E-state index is 0.0884. The molecule has 0 radical (unpaired) electrons. The Balaban J connectivity index is 2.39. The summed E-state index contributed by atoms with van der Waals surface area (Å²) in [5.41, 5.74) is -0.657. The number of pyridine rings is 1. The summed E-state index contributed by atoms with van der Waals surface area (Å²) in [6.07, 6.45) is -2.41. The molecule has 1 aromatic heterocycles. The number of aliphatic hydroxyl groups is 2. The minimum Gasteiger partial charge on any atom is -0.484 e. The number of ether oxygens (including phenoxy) is 1. The lowest BCUT2D eigenvalue weighted by Crippen LogP contribution is -2.50. The van der Waals surface area contributed by atoms with Crippen LogP contribution in [0.25, 0.3) is 10.9 Å². The van der Waals surface area contributed by atoms with Crippen LogP contribution in [0.15, 0.2) is 29.1 Å². The van der Waals surface area contributed by atoms with Crippen LogP contribution >= 0.6 is 0 Å². The monoisotopic (exact) mass is 261 g/mol. The fourth-order valence-electron chi connectivity index (χ4n) is 2.47. The predicted molar refractivity (Wildman–Crippen MR) is 70.2 cm³/mol. The molecule has 1 aromatic carbocycles. The molecular formula is C14H15NO4. The third-order valence-corrected chi connectivity index (χ3v) is 3.58. The fraction of sp³-hybridized carbons (Fsp3) is 0.357. The summed E-state index contributed by atoms with van der Waals surface area (Å²) in [4.78, 5) is 14.7. The summed E-state index contributed by atoms with van der Waals surface area (Å²) >= 11 is 0. The smallest absolute Gasteiger partial charge is 0.258 e. The van der Waals surface area contributed by atoms with E-state index in [1.807, 2.05) is 18.2 Å². The molecule has 1 aliphatic heterocycles. The van der Waals surface area contributed by atoms with Gasteiger partial charge in [-0.1, -0.05) is 12.1 Å². The number of rotatable bonds is 0. The van der Waals surface area contributed by atoms with E-state index in [0.29, 0.717) is 11.3 Å². The molecule has 0 bridgehead atoms. The highest BCUT2D eigenvalue weighted by Gasteiger charge is 2.44. The zero-order valence-electron chi connectivity index (χ0n) is 10.7. The quantitative estimate of drug-likeness (QED) is 0.663. The molecule has 19 heavy (non-hydrogen) atoms. The van der Waals surface area contributed by atoms with Crippen molar-refractivity contribution in [1.82, 2.24) is 4.98 Å². The van der Waals surface area contributed by atoms with Gasteiger partial charge in [0.2, 0.25) is 0 Å². The molecule has 3 N–H and O–H groups in total. The van der Waals surface area contributed by atoms with E-state index in [0.717, 1.165) is 5.39 Å². The second kappa shape index (κ2) is 3.82. The van der Waals surface area contributed by atoms with E-state index in [2.05, 4.69) is 4.98 Å². The number of para-hydroxylation sites is 1. The van der Waals surface area contributed by atoms with Crippen molar-refractivity contribution in [2.75, 3.05) is 0 Å². The maximum atomic E-state index is 12.0. The number of hydrogen-bond acceptors (Lipinski definition) is 4. The van der Waals surface area contributed by atoms with Gasteiger partial charge in [-0.2, -0.15) is 0 Å². The number of aromatic amines is 1. The Morgan fingerprint density at radius 1 is 1.26 bits per heavy atom. The van der Waals surface area contributed by atoms with Crippen molar-refractivity contribution in [2.24, 2.45) is 0 Å². The number of hydrogen-bond donors (Lipinski definition) is 3. The molecule has 1 aliphatic rings. The highest BCUT2D eigenvalue weighted by atomic mass is 16.5. The van der Waals surface area contributed by atoms with Crippen molar-refractivity contribution in [3.63, 3.8) is 0 Å². The number of aliphatic hydroxyl groups excluding tert-OH is 2. The molecular weight excluding hydrogens is 246 g/mol. The summed E-state index contributed by atoms with van der Waals surface area (Å²) in [5.74, 6) is 0.349. The van der Waals surface area contributed by atoms with Crippen molar-refractivity contribution in [3.8, 4) is 5.75 Å². The summed E-state index contributed by atoms with van der Waals surface area (Å²) in [6, 6.07) is 7.22. The van der Waals surface area contributed by atoms with E-state index in [1.54, 1.807) is 19.9 Å². The second-order valence-electron chi connectivity index (χ2n) is 5.34. The maximum absolute atomic E-state index is 12.0. The van der Waals surface area contributed by atoms with E-state index < -0.39 is 23.4 Å². The Morgan fingerprint density at radius 3 is 2.68 bits per heavy atom. The van der Waals surface area contributed by atoms with Crippen LogP contribution in [0.3, 0.4) is 0 Å². The average molecular weight is 261 g/mol. The van der Waals surface area contributed by atoms with E-state index in [4.69, 9.17) is 4.74 Å². The first-order valence-corrected chi connectivity index (χ1v) is 6.12. The Hall–Kier alpha value is -1.85. The topological polar surface area (TPSA) is 82.6 Å². The predicted octanol–water partition coefficient (Wildman–Crippen LogP) is 1.09. The van der Waals surface area contributed by atoms with Gasteiger partial charge in [-0.3, -0.25) is 4.79 Å². The van der Waals surface area contributed by atoms with Crippen molar-refractivity contribution in [1.29, 1.82) is 0 Å². The van der Waals surface area contributed by atoms with Gasteiger partial charge >= 0.3 is 0 Å². The lowest BCUT2D eigenvalue weighted by Gasteiger charge is -2.39. The summed E-state index contributed by atoms with van der Waals surface area (Å²) < 4.78 is 5.77. The van der Waals surface area contributed by atoms with Gasteiger partial charge in [-0.15, -0.1) is 0 Å². The largest absolute Gasteiger partial charge is 0.484 e. The Morgan fingerprint density at radius 2 is 1.95 bits per heavy atom. The molecule has 0 spiro atoms. The van der Waals surface area contributed by atoms with E-state index in [1.165, 1.54) is 0 Å². The van der Waals surface area contributed by atoms with Gasteiger partial charge in [0.05, 0.1) is 11.1 Å². The SMILES string of the molecule is CC1(C)Oc2c(c(=O)[nH]c3ccccc23)C(O)C1O. The highest BCUT2D eigenvalue weighted by Crippen LogP contribution is 2.41. The summed E-state index contributed by atoms with van der Waals surface area (Å²) in [6.45, 7) is 3.36. The van der Waals surface area contributed by atoms with Gasteiger partial charge in [0.25, 0.3) is 5.56 Å². The first kappa shape index (κ1) is 12.2. The van der Waals surface area contributed by atoms with Crippen molar-refractivity contribution in [3.05, 3.63) is 40.2 Å². The first-order valence-electron chi connectivity index (χ1n) is 6.12. The molecule has 2 unspecified atom stereocenters. The van der Waals surface area contributed by atoms with Crippen LogP contribution in [0, 0.1) is 0 Å². The molecule has 5 nitrogen and oxygen atoms in total. The molecule has 0 saturated heterocycles. The second-order valence-corrected chi connectivity index (χ2v) is 5.34. The average Bonchev–Trinajstić information content (AvgIpc) is 2.35. The van der Waals surface area contributed by atoms with Crippen LogP contribution in [-0.2, 0) is 0 Å². The van der Waals surface area contributed by atoms with Crippen LogP contribution < -0.4 is 10.3 Å². The summed E-state index contributed by atoms with van der Waals surface area (Å²) in [5, 5.41) is 20.9. The number of benzene rings is 1.